The van der Waals surface area contributed by atoms with Crippen LogP contribution >= 0.6 is 11.3 Å². The monoisotopic (exact) mass is 269 g/mol. The minimum absolute atomic E-state index is 0.0293. The molecule has 0 aliphatic rings. The smallest absolute Gasteiger partial charge is 0.220 e. The fourth-order valence-electron chi connectivity index (χ4n) is 1.74. The minimum Gasteiger partial charge on any atom is -0.384 e. The number of amides is 1. The van der Waals surface area contributed by atoms with Crippen LogP contribution in [-0.4, -0.2) is 17.6 Å². The number of aliphatic hydroxyl groups is 1. The first-order valence-electron chi connectivity index (χ1n) is 6.58. The van der Waals surface area contributed by atoms with Crippen molar-refractivity contribution in [2.75, 3.05) is 6.54 Å². The van der Waals surface area contributed by atoms with Crippen LogP contribution in [0.3, 0.4) is 0 Å². The Kier molecular flexibility index (Phi) is 6.36. The van der Waals surface area contributed by atoms with E-state index in [1.165, 1.54) is 12.8 Å². The average Bonchev–Trinajstić information content (AvgIpc) is 2.87. The van der Waals surface area contributed by atoms with Gasteiger partial charge in [0, 0.05) is 6.42 Å². The number of rotatable bonds is 8. The predicted molar refractivity (Wildman–Crippen MR) is 75.7 cm³/mol. The molecule has 0 aliphatic heterocycles. The molecule has 1 unspecified atom stereocenters. The van der Waals surface area contributed by atoms with E-state index in [1.807, 2.05) is 16.8 Å². The third-order valence-electron chi connectivity index (χ3n) is 3.03. The van der Waals surface area contributed by atoms with E-state index in [9.17, 15) is 9.90 Å². The molecular weight excluding hydrogens is 246 g/mol. The quantitative estimate of drug-likeness (QED) is 0.713. The molecule has 1 atom stereocenters. The number of nitrogens with one attached hydrogen (secondary N) is 1. The van der Waals surface area contributed by atoms with Crippen molar-refractivity contribution in [3.05, 3.63) is 22.4 Å². The fourth-order valence-corrected chi connectivity index (χ4v) is 2.53. The number of unbranched alkanes of at least 4 members (excludes halogenated alkanes) is 3. The Hall–Kier alpha value is -0.870. The minimum atomic E-state index is -0.973. The Bertz CT molecular complexity index is 347. The molecule has 1 aromatic heterocycles. The zero-order valence-electron chi connectivity index (χ0n) is 11.2. The van der Waals surface area contributed by atoms with Crippen molar-refractivity contribution in [3.8, 4) is 0 Å². The van der Waals surface area contributed by atoms with Crippen LogP contribution in [0.15, 0.2) is 16.8 Å². The highest BCUT2D eigenvalue weighted by Crippen LogP contribution is 2.22. The van der Waals surface area contributed by atoms with Gasteiger partial charge in [0.1, 0.15) is 5.60 Å². The van der Waals surface area contributed by atoms with Gasteiger partial charge in [0.2, 0.25) is 5.91 Å². The second kappa shape index (κ2) is 7.54. The van der Waals surface area contributed by atoms with E-state index in [2.05, 4.69) is 12.2 Å². The van der Waals surface area contributed by atoms with Crippen molar-refractivity contribution < 1.29 is 9.90 Å². The second-order valence-corrected chi connectivity index (χ2v) is 5.65. The van der Waals surface area contributed by atoms with Gasteiger partial charge < -0.3 is 10.4 Å². The van der Waals surface area contributed by atoms with Crippen LogP contribution in [0.5, 0.6) is 0 Å². The topological polar surface area (TPSA) is 49.3 Å². The first-order valence-corrected chi connectivity index (χ1v) is 7.52. The SMILES string of the molecule is CCCCCCC(=O)NCC(C)(O)c1ccsc1. The van der Waals surface area contributed by atoms with E-state index >= 15 is 0 Å². The number of carbonyl (C=O) groups is 1. The maximum Gasteiger partial charge on any atom is 0.220 e. The normalized spacial score (nSPS) is 14.2. The molecule has 0 aliphatic carbocycles. The van der Waals surface area contributed by atoms with E-state index in [4.69, 9.17) is 0 Å². The molecule has 1 aromatic rings. The van der Waals surface area contributed by atoms with Crippen LogP contribution < -0.4 is 5.32 Å². The molecule has 0 saturated heterocycles. The highest BCUT2D eigenvalue weighted by molar-refractivity contribution is 7.08. The lowest BCUT2D eigenvalue weighted by Gasteiger charge is -2.22. The first kappa shape index (κ1) is 15.2. The largest absolute Gasteiger partial charge is 0.384 e. The predicted octanol–water partition coefficient (Wildman–Crippen LogP) is 3.04. The Morgan fingerprint density at radius 1 is 1.44 bits per heavy atom. The van der Waals surface area contributed by atoms with Gasteiger partial charge in [0.25, 0.3) is 0 Å². The molecule has 1 rings (SSSR count). The summed E-state index contributed by atoms with van der Waals surface area (Å²) in [4.78, 5) is 11.6. The van der Waals surface area contributed by atoms with Gasteiger partial charge in [-0.15, -0.1) is 0 Å². The van der Waals surface area contributed by atoms with Crippen molar-refractivity contribution >= 4 is 17.2 Å². The highest BCUT2D eigenvalue weighted by Gasteiger charge is 2.23. The molecule has 18 heavy (non-hydrogen) atoms. The Balaban J connectivity index is 2.25. The molecule has 0 bridgehead atoms. The van der Waals surface area contributed by atoms with Gasteiger partial charge in [-0.25, -0.2) is 0 Å². The molecule has 0 spiro atoms. The van der Waals surface area contributed by atoms with Crippen molar-refractivity contribution in [1.82, 2.24) is 5.32 Å². The summed E-state index contributed by atoms with van der Waals surface area (Å²) in [7, 11) is 0. The zero-order chi connectivity index (χ0) is 13.4. The Morgan fingerprint density at radius 3 is 2.83 bits per heavy atom. The summed E-state index contributed by atoms with van der Waals surface area (Å²) >= 11 is 1.55. The highest BCUT2D eigenvalue weighted by atomic mass is 32.1. The van der Waals surface area contributed by atoms with Crippen molar-refractivity contribution in [2.45, 2.75) is 51.6 Å². The van der Waals surface area contributed by atoms with E-state index in [0.717, 1.165) is 18.4 Å². The van der Waals surface area contributed by atoms with Crippen LogP contribution in [0, 0.1) is 0 Å². The van der Waals surface area contributed by atoms with Crippen LogP contribution in [-0.2, 0) is 10.4 Å². The maximum absolute atomic E-state index is 11.6. The summed E-state index contributed by atoms with van der Waals surface area (Å²) in [5.74, 6) is 0.0293. The molecular formula is C14H23NO2S. The molecule has 4 heteroatoms. The summed E-state index contributed by atoms with van der Waals surface area (Å²) in [6, 6.07) is 1.89. The Morgan fingerprint density at radius 2 is 2.22 bits per heavy atom. The second-order valence-electron chi connectivity index (χ2n) is 4.87. The summed E-state index contributed by atoms with van der Waals surface area (Å²) in [5.41, 5.74) is -0.113. The van der Waals surface area contributed by atoms with Crippen molar-refractivity contribution in [1.29, 1.82) is 0 Å². The Labute approximate surface area is 113 Å². The van der Waals surface area contributed by atoms with Gasteiger partial charge in [-0.1, -0.05) is 26.2 Å². The summed E-state index contributed by atoms with van der Waals surface area (Å²) in [5, 5.41) is 16.9. The number of carbonyl (C=O) groups excluding carboxylic acids is 1. The third-order valence-corrected chi connectivity index (χ3v) is 3.71. The molecule has 0 radical (unpaired) electrons. The van der Waals surface area contributed by atoms with Gasteiger partial charge in [-0.05, 0) is 35.7 Å². The molecule has 0 aromatic carbocycles. The van der Waals surface area contributed by atoms with Gasteiger partial charge in [0.15, 0.2) is 0 Å². The van der Waals surface area contributed by atoms with Crippen LogP contribution in [0.1, 0.15) is 51.5 Å². The molecule has 102 valence electrons. The van der Waals surface area contributed by atoms with Gasteiger partial charge in [-0.3, -0.25) is 4.79 Å². The van der Waals surface area contributed by atoms with E-state index < -0.39 is 5.60 Å². The number of hydrogen-bond donors (Lipinski definition) is 2. The van der Waals surface area contributed by atoms with Crippen LogP contribution in [0.2, 0.25) is 0 Å². The van der Waals surface area contributed by atoms with E-state index in [0.29, 0.717) is 6.42 Å². The van der Waals surface area contributed by atoms with Crippen LogP contribution in [0.25, 0.3) is 0 Å². The standard InChI is InChI=1S/C14H23NO2S/c1-3-4-5-6-7-13(16)15-11-14(2,17)12-8-9-18-10-12/h8-10,17H,3-7,11H2,1-2H3,(H,15,16). The molecule has 0 saturated carbocycles. The first-order chi connectivity index (χ1) is 8.56. The van der Waals surface area contributed by atoms with Gasteiger partial charge >= 0.3 is 0 Å². The molecule has 3 nitrogen and oxygen atoms in total. The van der Waals surface area contributed by atoms with Crippen molar-refractivity contribution in [3.63, 3.8) is 0 Å². The lowest BCUT2D eigenvalue weighted by atomic mass is 9.99. The summed E-state index contributed by atoms with van der Waals surface area (Å²) in [6.07, 6.45) is 4.94. The summed E-state index contributed by atoms with van der Waals surface area (Å²) in [6.45, 7) is 4.15. The van der Waals surface area contributed by atoms with Gasteiger partial charge in [0.05, 0.1) is 6.54 Å². The number of hydrogen-bond acceptors (Lipinski definition) is 3. The van der Waals surface area contributed by atoms with Gasteiger partial charge in [-0.2, -0.15) is 11.3 Å². The van der Waals surface area contributed by atoms with E-state index in [1.54, 1.807) is 18.3 Å². The third kappa shape index (κ3) is 5.19. The molecule has 0 fully saturated rings. The van der Waals surface area contributed by atoms with Crippen molar-refractivity contribution in [2.24, 2.45) is 0 Å². The molecule has 1 heterocycles. The maximum atomic E-state index is 11.6. The fraction of sp³-hybridized carbons (Fsp3) is 0.643. The van der Waals surface area contributed by atoms with E-state index in [-0.39, 0.29) is 12.5 Å². The lowest BCUT2D eigenvalue weighted by molar-refractivity contribution is -0.122. The molecule has 1 amide bonds. The lowest BCUT2D eigenvalue weighted by Crippen LogP contribution is -2.38. The average molecular weight is 269 g/mol. The molecule has 2 N–H and O–H groups in total. The summed E-state index contributed by atoms with van der Waals surface area (Å²) < 4.78 is 0. The zero-order valence-corrected chi connectivity index (χ0v) is 12.1. The number of thiophene rings is 1. The van der Waals surface area contributed by atoms with Crippen LogP contribution in [0.4, 0.5) is 0 Å².